The fourth-order valence-corrected chi connectivity index (χ4v) is 3.83. The molecule has 1 aliphatic heterocycles. The highest BCUT2D eigenvalue weighted by molar-refractivity contribution is 6.30. The molecule has 3 aromatic rings. The lowest BCUT2D eigenvalue weighted by molar-refractivity contribution is 0.0738. The zero-order valence-corrected chi connectivity index (χ0v) is 17.5. The highest BCUT2D eigenvalue weighted by Crippen LogP contribution is 2.25. The molecule has 1 amide bonds. The lowest BCUT2D eigenvalue weighted by Crippen LogP contribution is -2.49. The molecule has 6 nitrogen and oxygen atoms in total. The first-order valence-electron chi connectivity index (χ1n) is 9.94. The maximum atomic E-state index is 13.0. The van der Waals surface area contributed by atoms with Gasteiger partial charge in [-0.15, -0.1) is 0 Å². The molecule has 30 heavy (non-hydrogen) atoms. The van der Waals surface area contributed by atoms with Crippen molar-refractivity contribution in [2.24, 2.45) is 0 Å². The minimum atomic E-state index is -0.225. The summed E-state index contributed by atoms with van der Waals surface area (Å²) in [6.07, 6.45) is 0. The molecule has 4 rings (SSSR count). The van der Waals surface area contributed by atoms with E-state index in [1.54, 1.807) is 4.90 Å². The van der Waals surface area contributed by atoms with Crippen molar-refractivity contribution in [2.45, 2.75) is 13.5 Å². The van der Waals surface area contributed by atoms with Gasteiger partial charge in [-0.25, -0.2) is 4.68 Å². The number of carbonyl (C=O) groups is 1. The number of halogens is 1. The van der Waals surface area contributed by atoms with Crippen LogP contribution in [0.4, 0.5) is 5.69 Å². The third-order valence-electron chi connectivity index (χ3n) is 5.34. The Kier molecular flexibility index (Phi) is 5.86. The van der Waals surface area contributed by atoms with Crippen LogP contribution in [0.25, 0.3) is 0 Å². The molecule has 0 spiro atoms. The van der Waals surface area contributed by atoms with Crippen LogP contribution in [0, 0.1) is 6.92 Å². The Morgan fingerprint density at radius 2 is 1.73 bits per heavy atom. The van der Waals surface area contributed by atoms with E-state index < -0.39 is 0 Å². The van der Waals surface area contributed by atoms with Crippen molar-refractivity contribution >= 4 is 23.2 Å². The second-order valence-electron chi connectivity index (χ2n) is 7.41. The summed E-state index contributed by atoms with van der Waals surface area (Å²) in [5.74, 6) is -0.153. The van der Waals surface area contributed by atoms with Crippen LogP contribution in [0.3, 0.4) is 0 Å². The fraction of sp³-hybridized carbons (Fsp3) is 0.261. The number of aryl methyl sites for hydroxylation is 1. The summed E-state index contributed by atoms with van der Waals surface area (Å²) >= 11 is 6.15. The van der Waals surface area contributed by atoms with E-state index in [9.17, 15) is 9.59 Å². The molecule has 1 saturated heterocycles. The smallest absolute Gasteiger partial charge is 0.274 e. The van der Waals surface area contributed by atoms with Crippen LogP contribution >= 0.6 is 11.6 Å². The van der Waals surface area contributed by atoms with Crippen molar-refractivity contribution in [3.05, 3.63) is 92.9 Å². The zero-order chi connectivity index (χ0) is 21.1. The average Bonchev–Trinajstić information content (AvgIpc) is 2.77. The molecule has 0 unspecified atom stereocenters. The summed E-state index contributed by atoms with van der Waals surface area (Å²) in [6.45, 7) is 5.01. The molecular formula is C23H23ClN4O2. The second kappa shape index (κ2) is 8.71. The molecule has 1 fully saturated rings. The second-order valence-corrected chi connectivity index (χ2v) is 7.85. The van der Waals surface area contributed by atoms with Gasteiger partial charge in [0, 0.05) is 43.0 Å². The van der Waals surface area contributed by atoms with Crippen molar-refractivity contribution in [1.29, 1.82) is 0 Å². The number of benzene rings is 2. The predicted octanol–water partition coefficient (Wildman–Crippen LogP) is 3.22. The van der Waals surface area contributed by atoms with E-state index in [0.717, 1.165) is 29.9 Å². The largest absolute Gasteiger partial charge is 0.368 e. The van der Waals surface area contributed by atoms with E-state index in [0.29, 0.717) is 24.7 Å². The third kappa shape index (κ3) is 4.39. The number of hydrogen-bond acceptors (Lipinski definition) is 4. The molecule has 0 radical (unpaired) electrons. The maximum Gasteiger partial charge on any atom is 0.274 e. The molecule has 0 aliphatic carbocycles. The highest BCUT2D eigenvalue weighted by Gasteiger charge is 2.24. The molecule has 2 heterocycles. The number of piperazine rings is 1. The molecule has 7 heteroatoms. The van der Waals surface area contributed by atoms with Gasteiger partial charge in [-0.1, -0.05) is 48.0 Å². The summed E-state index contributed by atoms with van der Waals surface area (Å²) in [4.78, 5) is 29.2. The van der Waals surface area contributed by atoms with Gasteiger partial charge in [-0.3, -0.25) is 9.59 Å². The molecule has 0 atom stereocenters. The summed E-state index contributed by atoms with van der Waals surface area (Å²) in [5.41, 5.74) is 3.29. The van der Waals surface area contributed by atoms with Crippen LogP contribution in [-0.4, -0.2) is 46.8 Å². The molecule has 0 saturated carbocycles. The van der Waals surface area contributed by atoms with Gasteiger partial charge < -0.3 is 9.80 Å². The molecule has 2 aromatic carbocycles. The van der Waals surface area contributed by atoms with Crippen molar-refractivity contribution in [3.8, 4) is 0 Å². The maximum absolute atomic E-state index is 13.0. The van der Waals surface area contributed by atoms with Crippen LogP contribution in [-0.2, 0) is 6.54 Å². The fourth-order valence-electron chi connectivity index (χ4n) is 3.67. The van der Waals surface area contributed by atoms with Crippen LogP contribution in [0.1, 0.15) is 21.6 Å². The molecule has 0 bridgehead atoms. The number of carbonyl (C=O) groups excluding carboxylic acids is 1. The van der Waals surface area contributed by atoms with Gasteiger partial charge in [0.05, 0.1) is 6.54 Å². The number of anilines is 1. The quantitative estimate of drug-likeness (QED) is 0.647. The molecular weight excluding hydrogens is 400 g/mol. The topological polar surface area (TPSA) is 58.4 Å². The first-order chi connectivity index (χ1) is 14.5. The van der Waals surface area contributed by atoms with E-state index in [4.69, 9.17) is 11.6 Å². The van der Waals surface area contributed by atoms with Gasteiger partial charge in [-0.2, -0.15) is 5.10 Å². The third-order valence-corrected chi connectivity index (χ3v) is 5.57. The number of nitrogens with zero attached hydrogens (tertiary/aromatic N) is 4. The summed E-state index contributed by atoms with van der Waals surface area (Å²) in [7, 11) is 0. The summed E-state index contributed by atoms with van der Waals surface area (Å²) in [6, 6.07) is 18.4. The van der Waals surface area contributed by atoms with E-state index >= 15 is 0 Å². The Morgan fingerprint density at radius 1 is 1.00 bits per heavy atom. The van der Waals surface area contributed by atoms with Gasteiger partial charge in [0.1, 0.15) is 5.69 Å². The minimum absolute atomic E-state index is 0.153. The molecule has 1 aromatic heterocycles. The number of hydrogen-bond donors (Lipinski definition) is 0. The lowest BCUT2D eigenvalue weighted by atomic mass is 10.1. The Morgan fingerprint density at radius 3 is 2.47 bits per heavy atom. The van der Waals surface area contributed by atoms with Gasteiger partial charge in [0.25, 0.3) is 11.5 Å². The van der Waals surface area contributed by atoms with Crippen LogP contribution < -0.4 is 10.5 Å². The molecule has 1 aliphatic rings. The number of amides is 1. The van der Waals surface area contributed by atoms with E-state index in [-0.39, 0.29) is 17.2 Å². The Labute approximate surface area is 180 Å². The van der Waals surface area contributed by atoms with Crippen molar-refractivity contribution in [1.82, 2.24) is 14.7 Å². The predicted molar refractivity (Wildman–Crippen MR) is 118 cm³/mol. The van der Waals surface area contributed by atoms with Gasteiger partial charge in [0.15, 0.2) is 0 Å². The van der Waals surface area contributed by atoms with Gasteiger partial charge >= 0.3 is 0 Å². The van der Waals surface area contributed by atoms with Crippen LogP contribution in [0.5, 0.6) is 0 Å². The first kappa shape index (κ1) is 20.2. The minimum Gasteiger partial charge on any atom is -0.368 e. The molecule has 0 N–H and O–H groups in total. The van der Waals surface area contributed by atoms with E-state index in [1.165, 1.54) is 16.8 Å². The number of rotatable bonds is 4. The van der Waals surface area contributed by atoms with E-state index in [2.05, 4.69) is 16.9 Å². The SMILES string of the molecule is Cc1ccc(Cl)cc1N1CCN(C(=O)c2ccc(=O)n(Cc3ccccc3)n2)CC1. The summed E-state index contributed by atoms with van der Waals surface area (Å²) < 4.78 is 1.34. The van der Waals surface area contributed by atoms with Gasteiger partial charge in [-0.05, 0) is 36.2 Å². The van der Waals surface area contributed by atoms with Gasteiger partial charge in [0.2, 0.25) is 0 Å². The first-order valence-corrected chi connectivity index (χ1v) is 10.3. The van der Waals surface area contributed by atoms with Crippen LogP contribution in [0.2, 0.25) is 5.02 Å². The monoisotopic (exact) mass is 422 g/mol. The van der Waals surface area contributed by atoms with Crippen molar-refractivity contribution < 1.29 is 4.79 Å². The molecule has 154 valence electrons. The Hall–Kier alpha value is -3.12. The van der Waals surface area contributed by atoms with Crippen molar-refractivity contribution in [2.75, 3.05) is 31.1 Å². The average molecular weight is 423 g/mol. The highest BCUT2D eigenvalue weighted by atomic mass is 35.5. The van der Waals surface area contributed by atoms with Crippen LogP contribution in [0.15, 0.2) is 65.5 Å². The lowest BCUT2D eigenvalue weighted by Gasteiger charge is -2.36. The standard InChI is InChI=1S/C23H23ClN4O2/c1-17-7-8-19(24)15-21(17)26-11-13-27(14-12-26)23(30)20-9-10-22(29)28(25-20)16-18-5-3-2-4-6-18/h2-10,15H,11-14,16H2,1H3. The summed E-state index contributed by atoms with van der Waals surface area (Å²) in [5, 5.41) is 5.03. The Bertz CT molecular complexity index is 1110. The number of aromatic nitrogens is 2. The van der Waals surface area contributed by atoms with E-state index in [1.807, 2.05) is 48.5 Å². The Balaban J connectivity index is 1.46. The van der Waals surface area contributed by atoms with Crippen molar-refractivity contribution in [3.63, 3.8) is 0 Å². The normalized spacial score (nSPS) is 14.1. The zero-order valence-electron chi connectivity index (χ0n) is 16.8.